The summed E-state index contributed by atoms with van der Waals surface area (Å²) in [6.07, 6.45) is 1.67. The van der Waals surface area contributed by atoms with E-state index in [1.165, 1.54) is 0 Å². The minimum Gasteiger partial charge on any atom is -0.493 e. The van der Waals surface area contributed by atoms with E-state index in [4.69, 9.17) is 21.7 Å². The molecule has 0 aliphatic heterocycles. The van der Waals surface area contributed by atoms with Gasteiger partial charge in [-0.15, -0.1) is 0 Å². The van der Waals surface area contributed by atoms with E-state index < -0.39 is 0 Å². The number of nitrogens with zero attached hydrogens (tertiary/aromatic N) is 1. The third kappa shape index (κ3) is 5.13. The first-order valence-corrected chi connectivity index (χ1v) is 6.49. The molecule has 0 saturated carbocycles. The standard InChI is InChI=1S/C13H19N3O2S/c1-4-14-13(19)16-15-9-10-6-7-11(18-5-2)12(8-10)17-3/h6-9H,4-5H2,1-3H3,(H2,14,16,19)/b15-9-. The third-order valence-electron chi connectivity index (χ3n) is 2.20. The molecule has 0 atom stereocenters. The lowest BCUT2D eigenvalue weighted by Crippen LogP contribution is -2.31. The number of benzene rings is 1. The normalized spacial score (nSPS) is 10.3. The Morgan fingerprint density at radius 3 is 2.79 bits per heavy atom. The van der Waals surface area contributed by atoms with E-state index in [0.717, 1.165) is 17.9 Å². The van der Waals surface area contributed by atoms with Crippen molar-refractivity contribution in [1.82, 2.24) is 10.7 Å². The van der Waals surface area contributed by atoms with Crippen molar-refractivity contribution in [3.8, 4) is 11.5 Å². The molecule has 0 amide bonds. The highest BCUT2D eigenvalue weighted by Gasteiger charge is 2.03. The smallest absolute Gasteiger partial charge is 0.186 e. The van der Waals surface area contributed by atoms with E-state index in [2.05, 4.69) is 15.8 Å². The first-order valence-electron chi connectivity index (χ1n) is 6.09. The predicted octanol–water partition coefficient (Wildman–Crippen LogP) is 1.91. The Hall–Kier alpha value is -1.82. The fourth-order valence-corrected chi connectivity index (χ4v) is 1.60. The summed E-state index contributed by atoms with van der Waals surface area (Å²) in [4.78, 5) is 0. The Balaban J connectivity index is 2.68. The monoisotopic (exact) mass is 281 g/mol. The summed E-state index contributed by atoms with van der Waals surface area (Å²) in [6.45, 7) is 5.26. The summed E-state index contributed by atoms with van der Waals surface area (Å²) in [7, 11) is 1.61. The summed E-state index contributed by atoms with van der Waals surface area (Å²) in [6, 6.07) is 5.60. The van der Waals surface area contributed by atoms with Gasteiger partial charge in [0.05, 0.1) is 19.9 Å². The van der Waals surface area contributed by atoms with E-state index >= 15 is 0 Å². The average Bonchev–Trinajstić information content (AvgIpc) is 2.41. The van der Waals surface area contributed by atoms with Crippen LogP contribution in [-0.2, 0) is 0 Å². The lowest BCUT2D eigenvalue weighted by molar-refractivity contribution is 0.311. The summed E-state index contributed by atoms with van der Waals surface area (Å²) in [5.74, 6) is 1.40. The molecule has 19 heavy (non-hydrogen) atoms. The summed E-state index contributed by atoms with van der Waals surface area (Å²) < 4.78 is 10.7. The van der Waals surface area contributed by atoms with E-state index in [1.54, 1.807) is 13.3 Å². The molecular formula is C13H19N3O2S. The van der Waals surface area contributed by atoms with Crippen molar-refractivity contribution in [2.24, 2.45) is 5.10 Å². The van der Waals surface area contributed by atoms with Crippen molar-refractivity contribution in [2.75, 3.05) is 20.3 Å². The second-order valence-electron chi connectivity index (χ2n) is 3.57. The van der Waals surface area contributed by atoms with Crippen LogP contribution in [-0.4, -0.2) is 31.6 Å². The number of hydrazone groups is 1. The van der Waals surface area contributed by atoms with Crippen molar-refractivity contribution >= 4 is 23.5 Å². The molecule has 2 N–H and O–H groups in total. The second-order valence-corrected chi connectivity index (χ2v) is 3.98. The van der Waals surface area contributed by atoms with Gasteiger partial charge in [-0.1, -0.05) is 0 Å². The molecule has 1 aromatic carbocycles. The maximum absolute atomic E-state index is 5.44. The molecule has 0 heterocycles. The number of rotatable bonds is 6. The minimum atomic E-state index is 0.497. The Morgan fingerprint density at radius 2 is 2.16 bits per heavy atom. The summed E-state index contributed by atoms with van der Waals surface area (Å²) in [5.41, 5.74) is 3.62. The van der Waals surface area contributed by atoms with Gasteiger partial charge in [0.1, 0.15) is 0 Å². The molecule has 1 aromatic rings. The van der Waals surface area contributed by atoms with Crippen LogP contribution in [0, 0.1) is 0 Å². The van der Waals surface area contributed by atoms with Crippen LogP contribution in [0.4, 0.5) is 0 Å². The zero-order valence-electron chi connectivity index (χ0n) is 11.4. The Labute approximate surface area is 119 Å². The highest BCUT2D eigenvalue weighted by molar-refractivity contribution is 7.80. The largest absolute Gasteiger partial charge is 0.493 e. The summed E-state index contributed by atoms with van der Waals surface area (Å²) >= 11 is 4.99. The highest BCUT2D eigenvalue weighted by atomic mass is 32.1. The van der Waals surface area contributed by atoms with Crippen LogP contribution >= 0.6 is 12.2 Å². The van der Waals surface area contributed by atoms with Gasteiger partial charge < -0.3 is 14.8 Å². The van der Waals surface area contributed by atoms with Crippen molar-refractivity contribution in [3.05, 3.63) is 23.8 Å². The van der Waals surface area contributed by atoms with Gasteiger partial charge >= 0.3 is 0 Å². The first kappa shape index (κ1) is 15.2. The maximum atomic E-state index is 5.44. The van der Waals surface area contributed by atoms with Crippen LogP contribution < -0.4 is 20.2 Å². The number of nitrogens with one attached hydrogen (secondary N) is 2. The Bertz CT molecular complexity index is 450. The fraction of sp³-hybridized carbons (Fsp3) is 0.385. The van der Waals surface area contributed by atoms with E-state index in [0.29, 0.717) is 17.5 Å². The molecule has 104 valence electrons. The van der Waals surface area contributed by atoms with Gasteiger partial charge in [0.15, 0.2) is 16.6 Å². The van der Waals surface area contributed by atoms with Gasteiger partial charge in [0, 0.05) is 6.54 Å². The lowest BCUT2D eigenvalue weighted by atomic mass is 10.2. The molecule has 0 aromatic heterocycles. The molecule has 0 aliphatic carbocycles. The quantitative estimate of drug-likeness (QED) is 0.474. The van der Waals surface area contributed by atoms with Crippen LogP contribution in [0.25, 0.3) is 0 Å². The van der Waals surface area contributed by atoms with E-state index in [9.17, 15) is 0 Å². The number of hydrogen-bond acceptors (Lipinski definition) is 4. The van der Waals surface area contributed by atoms with Crippen molar-refractivity contribution in [1.29, 1.82) is 0 Å². The van der Waals surface area contributed by atoms with Gasteiger partial charge in [-0.2, -0.15) is 5.10 Å². The lowest BCUT2D eigenvalue weighted by Gasteiger charge is -2.09. The van der Waals surface area contributed by atoms with Gasteiger partial charge in [-0.3, -0.25) is 5.43 Å². The third-order valence-corrected chi connectivity index (χ3v) is 2.44. The zero-order valence-corrected chi connectivity index (χ0v) is 12.2. The Kier molecular flexibility index (Phi) is 6.67. The number of ether oxygens (including phenoxy) is 2. The van der Waals surface area contributed by atoms with Crippen LogP contribution in [0.5, 0.6) is 11.5 Å². The van der Waals surface area contributed by atoms with Gasteiger partial charge in [-0.25, -0.2) is 0 Å². The van der Waals surface area contributed by atoms with Gasteiger partial charge in [0.25, 0.3) is 0 Å². The van der Waals surface area contributed by atoms with Gasteiger partial charge in [-0.05, 0) is 49.8 Å². The highest BCUT2D eigenvalue weighted by Crippen LogP contribution is 2.27. The predicted molar refractivity (Wildman–Crippen MR) is 81.2 cm³/mol. The van der Waals surface area contributed by atoms with Gasteiger partial charge in [0.2, 0.25) is 0 Å². The molecular weight excluding hydrogens is 262 g/mol. The van der Waals surface area contributed by atoms with E-state index in [1.807, 2.05) is 32.0 Å². The SMILES string of the molecule is CCNC(=S)N/N=C\c1ccc(OCC)c(OC)c1. The molecule has 0 spiro atoms. The second kappa shape index (κ2) is 8.31. The topological polar surface area (TPSA) is 54.9 Å². The molecule has 0 unspecified atom stereocenters. The van der Waals surface area contributed by atoms with Crippen molar-refractivity contribution in [3.63, 3.8) is 0 Å². The molecule has 0 bridgehead atoms. The molecule has 1 rings (SSSR count). The van der Waals surface area contributed by atoms with Crippen LogP contribution in [0.15, 0.2) is 23.3 Å². The average molecular weight is 281 g/mol. The van der Waals surface area contributed by atoms with Crippen LogP contribution in [0.1, 0.15) is 19.4 Å². The van der Waals surface area contributed by atoms with Crippen LogP contribution in [0.3, 0.4) is 0 Å². The molecule has 0 saturated heterocycles. The molecule has 5 nitrogen and oxygen atoms in total. The maximum Gasteiger partial charge on any atom is 0.186 e. The zero-order chi connectivity index (χ0) is 14.1. The van der Waals surface area contributed by atoms with Crippen molar-refractivity contribution < 1.29 is 9.47 Å². The van der Waals surface area contributed by atoms with E-state index in [-0.39, 0.29) is 0 Å². The molecule has 0 aliphatic rings. The number of methoxy groups -OCH3 is 1. The Morgan fingerprint density at radius 1 is 1.37 bits per heavy atom. The number of hydrogen-bond donors (Lipinski definition) is 2. The minimum absolute atomic E-state index is 0.497. The molecule has 6 heteroatoms. The van der Waals surface area contributed by atoms with Crippen LogP contribution in [0.2, 0.25) is 0 Å². The molecule has 0 fully saturated rings. The first-order chi connectivity index (χ1) is 9.21. The number of thiocarbonyl (C=S) groups is 1. The fourth-order valence-electron chi connectivity index (χ4n) is 1.40. The summed E-state index contributed by atoms with van der Waals surface area (Å²) in [5, 5.41) is 7.48. The van der Waals surface area contributed by atoms with Crippen molar-refractivity contribution in [2.45, 2.75) is 13.8 Å². The molecule has 0 radical (unpaired) electrons.